The Kier molecular flexibility index (Phi) is 7.25. The van der Waals surface area contributed by atoms with Gasteiger partial charge in [0.1, 0.15) is 0 Å². The van der Waals surface area contributed by atoms with Crippen molar-refractivity contribution < 1.29 is 0 Å². The van der Waals surface area contributed by atoms with Gasteiger partial charge in [0.15, 0.2) is 0 Å². The summed E-state index contributed by atoms with van der Waals surface area (Å²) in [5.41, 5.74) is 5.67. The highest BCUT2D eigenvalue weighted by molar-refractivity contribution is 4.80. The maximum atomic E-state index is 5.67. The Morgan fingerprint density at radius 3 is 1.89 bits per heavy atom. The highest BCUT2D eigenvalue weighted by Gasteiger charge is 2.25. The first-order valence-corrected chi connectivity index (χ1v) is 7.97. The summed E-state index contributed by atoms with van der Waals surface area (Å²) in [5, 5.41) is 0. The van der Waals surface area contributed by atoms with Crippen LogP contribution in [-0.2, 0) is 0 Å². The average molecular weight is 254 g/mol. The molecule has 1 rings (SSSR count). The van der Waals surface area contributed by atoms with E-state index in [-0.39, 0.29) is 0 Å². The van der Waals surface area contributed by atoms with Crippen LogP contribution < -0.4 is 5.73 Å². The molecule has 0 atom stereocenters. The zero-order chi connectivity index (χ0) is 13.5. The van der Waals surface area contributed by atoms with E-state index >= 15 is 0 Å². The lowest BCUT2D eigenvalue weighted by Crippen LogP contribution is -2.43. The van der Waals surface area contributed by atoms with Crippen molar-refractivity contribution in [3.8, 4) is 0 Å². The highest BCUT2D eigenvalue weighted by Crippen LogP contribution is 2.26. The quantitative estimate of drug-likeness (QED) is 0.753. The summed E-state index contributed by atoms with van der Waals surface area (Å²) in [7, 11) is 0. The Hall–Kier alpha value is -0.0800. The minimum Gasteiger partial charge on any atom is -0.330 e. The van der Waals surface area contributed by atoms with Crippen LogP contribution >= 0.6 is 0 Å². The van der Waals surface area contributed by atoms with Crippen molar-refractivity contribution in [1.29, 1.82) is 0 Å². The molecule has 18 heavy (non-hydrogen) atoms. The second-order valence-electron chi connectivity index (χ2n) is 6.97. The van der Waals surface area contributed by atoms with Crippen LogP contribution in [0, 0.1) is 17.8 Å². The molecular weight excluding hydrogens is 220 g/mol. The molecule has 0 unspecified atom stereocenters. The van der Waals surface area contributed by atoms with Gasteiger partial charge in [0, 0.05) is 6.04 Å². The van der Waals surface area contributed by atoms with Crippen LogP contribution in [0.5, 0.6) is 0 Å². The third-order valence-corrected chi connectivity index (χ3v) is 4.23. The van der Waals surface area contributed by atoms with Crippen LogP contribution in [0.3, 0.4) is 0 Å². The van der Waals surface area contributed by atoms with Gasteiger partial charge in [0.25, 0.3) is 0 Å². The van der Waals surface area contributed by atoms with E-state index in [2.05, 4.69) is 32.6 Å². The molecule has 0 aromatic heterocycles. The van der Waals surface area contributed by atoms with Gasteiger partial charge in [-0.05, 0) is 69.5 Å². The summed E-state index contributed by atoms with van der Waals surface area (Å²) in [6.45, 7) is 12.9. The molecule has 0 aromatic carbocycles. The molecule has 1 heterocycles. The van der Waals surface area contributed by atoms with Gasteiger partial charge in [0.05, 0.1) is 0 Å². The van der Waals surface area contributed by atoms with Crippen molar-refractivity contribution in [3.05, 3.63) is 0 Å². The lowest BCUT2D eigenvalue weighted by Gasteiger charge is -2.39. The molecule has 1 aliphatic heterocycles. The molecule has 108 valence electrons. The maximum absolute atomic E-state index is 5.67. The van der Waals surface area contributed by atoms with Gasteiger partial charge in [-0.25, -0.2) is 0 Å². The fourth-order valence-corrected chi connectivity index (χ4v) is 3.33. The molecule has 0 radical (unpaired) electrons. The largest absolute Gasteiger partial charge is 0.330 e. The van der Waals surface area contributed by atoms with Crippen molar-refractivity contribution >= 4 is 0 Å². The predicted octanol–water partition coefficient (Wildman–Crippen LogP) is 3.51. The zero-order valence-electron chi connectivity index (χ0n) is 13.0. The van der Waals surface area contributed by atoms with Gasteiger partial charge in [-0.15, -0.1) is 0 Å². The lowest BCUT2D eigenvalue weighted by atomic mass is 9.89. The summed E-state index contributed by atoms with van der Waals surface area (Å²) in [6, 6.07) is 0.809. The SMILES string of the molecule is CC(C)CC(CC(C)C)N1CCC(CCN)CC1. The minimum atomic E-state index is 0.809. The summed E-state index contributed by atoms with van der Waals surface area (Å²) in [5.74, 6) is 2.52. The van der Waals surface area contributed by atoms with Gasteiger partial charge in [-0.3, -0.25) is 0 Å². The molecule has 0 spiro atoms. The molecule has 1 aliphatic rings. The fraction of sp³-hybridized carbons (Fsp3) is 1.00. The molecule has 2 nitrogen and oxygen atoms in total. The van der Waals surface area contributed by atoms with E-state index in [0.717, 1.165) is 30.3 Å². The first-order valence-electron chi connectivity index (χ1n) is 7.97. The van der Waals surface area contributed by atoms with Crippen molar-refractivity contribution in [1.82, 2.24) is 4.90 Å². The third-order valence-electron chi connectivity index (χ3n) is 4.23. The van der Waals surface area contributed by atoms with Crippen molar-refractivity contribution in [2.75, 3.05) is 19.6 Å². The second-order valence-corrected chi connectivity index (χ2v) is 6.97. The van der Waals surface area contributed by atoms with Crippen molar-refractivity contribution in [2.45, 2.75) is 65.8 Å². The third kappa shape index (κ3) is 5.71. The molecule has 1 fully saturated rings. The number of piperidine rings is 1. The summed E-state index contributed by atoms with van der Waals surface area (Å²) >= 11 is 0. The number of nitrogens with zero attached hydrogens (tertiary/aromatic N) is 1. The standard InChI is InChI=1S/C16H34N2/c1-13(2)11-16(12-14(3)4)18-9-6-15(5-8-17)7-10-18/h13-16H,5-12,17H2,1-4H3. The Morgan fingerprint density at radius 2 is 1.50 bits per heavy atom. The van der Waals surface area contributed by atoms with Crippen molar-refractivity contribution in [2.24, 2.45) is 23.5 Å². The van der Waals surface area contributed by atoms with E-state index in [4.69, 9.17) is 5.73 Å². The van der Waals surface area contributed by atoms with Gasteiger partial charge in [-0.2, -0.15) is 0 Å². The number of nitrogens with two attached hydrogens (primary N) is 1. The van der Waals surface area contributed by atoms with Crippen LogP contribution in [0.1, 0.15) is 59.8 Å². The Bertz CT molecular complexity index is 195. The number of likely N-dealkylation sites (tertiary alicyclic amines) is 1. The molecule has 1 saturated heterocycles. The average Bonchev–Trinajstić information content (AvgIpc) is 2.28. The minimum absolute atomic E-state index is 0.809. The first-order chi connectivity index (χ1) is 8.52. The van der Waals surface area contributed by atoms with E-state index < -0.39 is 0 Å². The van der Waals surface area contributed by atoms with E-state index in [1.165, 1.54) is 45.2 Å². The summed E-state index contributed by atoms with van der Waals surface area (Å²) in [4.78, 5) is 2.76. The molecule has 0 bridgehead atoms. The maximum Gasteiger partial charge on any atom is 0.0100 e. The highest BCUT2D eigenvalue weighted by atomic mass is 15.2. The topological polar surface area (TPSA) is 29.3 Å². The number of hydrogen-bond acceptors (Lipinski definition) is 2. The fourth-order valence-electron chi connectivity index (χ4n) is 3.33. The monoisotopic (exact) mass is 254 g/mol. The van der Waals surface area contributed by atoms with Crippen LogP contribution in [0.25, 0.3) is 0 Å². The van der Waals surface area contributed by atoms with Gasteiger partial charge < -0.3 is 10.6 Å². The molecule has 2 N–H and O–H groups in total. The van der Waals surface area contributed by atoms with E-state index in [1.54, 1.807) is 0 Å². The molecule has 2 heteroatoms. The van der Waals surface area contributed by atoms with Crippen molar-refractivity contribution in [3.63, 3.8) is 0 Å². The van der Waals surface area contributed by atoms with Gasteiger partial charge in [0.2, 0.25) is 0 Å². The molecule has 0 amide bonds. The number of hydrogen-bond donors (Lipinski definition) is 1. The number of rotatable bonds is 7. The van der Waals surface area contributed by atoms with E-state index in [9.17, 15) is 0 Å². The van der Waals surface area contributed by atoms with Crippen LogP contribution in [-0.4, -0.2) is 30.6 Å². The Labute approximate surface area is 114 Å². The summed E-state index contributed by atoms with van der Waals surface area (Å²) in [6.07, 6.45) is 6.68. The van der Waals surface area contributed by atoms with Gasteiger partial charge >= 0.3 is 0 Å². The molecular formula is C16H34N2. The van der Waals surface area contributed by atoms with Crippen LogP contribution in [0.4, 0.5) is 0 Å². The molecule has 0 aromatic rings. The Balaban J connectivity index is 2.43. The normalized spacial score (nSPS) is 19.3. The van der Waals surface area contributed by atoms with Gasteiger partial charge in [-0.1, -0.05) is 27.7 Å². The van der Waals surface area contributed by atoms with E-state index in [0.29, 0.717) is 0 Å². The van der Waals surface area contributed by atoms with Crippen LogP contribution in [0.2, 0.25) is 0 Å². The summed E-state index contributed by atoms with van der Waals surface area (Å²) < 4.78 is 0. The smallest absolute Gasteiger partial charge is 0.0100 e. The van der Waals surface area contributed by atoms with E-state index in [1.807, 2.05) is 0 Å². The first kappa shape index (κ1) is 16.0. The molecule has 0 aliphatic carbocycles. The lowest BCUT2D eigenvalue weighted by molar-refractivity contribution is 0.102. The predicted molar refractivity (Wildman–Crippen MR) is 80.7 cm³/mol. The zero-order valence-corrected chi connectivity index (χ0v) is 13.0. The Morgan fingerprint density at radius 1 is 1.00 bits per heavy atom. The second kappa shape index (κ2) is 8.16. The molecule has 0 saturated carbocycles. The van der Waals surface area contributed by atoms with Crippen LogP contribution in [0.15, 0.2) is 0 Å².